The Morgan fingerprint density at radius 3 is 2.67 bits per heavy atom. The summed E-state index contributed by atoms with van der Waals surface area (Å²) in [5, 5.41) is 27.8. The van der Waals surface area contributed by atoms with Crippen molar-refractivity contribution in [3.05, 3.63) is 57.5 Å². The van der Waals surface area contributed by atoms with Crippen molar-refractivity contribution in [1.82, 2.24) is 4.57 Å². The minimum atomic E-state index is -0.552. The Bertz CT molecular complexity index is 815. The van der Waals surface area contributed by atoms with Crippen molar-refractivity contribution in [2.75, 3.05) is 0 Å². The summed E-state index contributed by atoms with van der Waals surface area (Å²) in [5.74, 6) is -1.02. The number of hydrogen-bond acceptors (Lipinski definition) is 5. The highest BCUT2D eigenvalue weighted by molar-refractivity contribution is 5.98. The summed E-state index contributed by atoms with van der Waals surface area (Å²) in [7, 11) is 0. The lowest BCUT2D eigenvalue weighted by atomic mass is 10.1. The van der Waals surface area contributed by atoms with Crippen molar-refractivity contribution in [1.29, 1.82) is 5.26 Å². The van der Waals surface area contributed by atoms with Gasteiger partial charge in [-0.25, -0.2) is 0 Å². The molecule has 0 saturated carbocycles. The van der Waals surface area contributed by atoms with Crippen LogP contribution < -0.4 is 5.56 Å². The third-order valence-corrected chi connectivity index (χ3v) is 3.08. The van der Waals surface area contributed by atoms with E-state index < -0.39 is 11.3 Å². The number of pyridine rings is 1. The first-order valence-corrected chi connectivity index (χ1v) is 6.09. The van der Waals surface area contributed by atoms with Crippen LogP contribution in [0.25, 0.3) is 0 Å². The van der Waals surface area contributed by atoms with Crippen LogP contribution in [0.5, 0.6) is 11.5 Å². The zero-order valence-electron chi connectivity index (χ0n) is 11.2. The normalized spacial score (nSPS) is 10.1. The number of benzene rings is 1. The molecule has 106 valence electrons. The standard InChI is InChI=1S/C15H12N2O4/c1-9-4-5-17(15(21)12(9)7-16)8-14(20)11-3-2-10(18)6-13(11)19/h2-6,18-19H,8H2,1H3. The molecule has 2 rings (SSSR count). The third kappa shape index (κ3) is 2.77. The molecule has 0 fully saturated rings. The maximum Gasteiger partial charge on any atom is 0.269 e. The number of aryl methyl sites for hydroxylation is 1. The van der Waals surface area contributed by atoms with E-state index in [4.69, 9.17) is 5.26 Å². The van der Waals surface area contributed by atoms with E-state index in [0.717, 1.165) is 10.6 Å². The summed E-state index contributed by atoms with van der Waals surface area (Å²) >= 11 is 0. The van der Waals surface area contributed by atoms with Crippen LogP contribution >= 0.6 is 0 Å². The first kappa shape index (κ1) is 14.3. The van der Waals surface area contributed by atoms with Gasteiger partial charge in [-0.3, -0.25) is 9.59 Å². The molecule has 6 nitrogen and oxygen atoms in total. The van der Waals surface area contributed by atoms with Crippen LogP contribution in [0.3, 0.4) is 0 Å². The molecule has 0 aliphatic rings. The number of carbonyl (C=O) groups is 1. The number of carbonyl (C=O) groups excluding carboxylic acids is 1. The summed E-state index contributed by atoms with van der Waals surface area (Å²) in [6.45, 7) is 1.34. The number of Topliss-reactive ketones (excluding diaryl/α,β-unsaturated/α-hetero) is 1. The van der Waals surface area contributed by atoms with Gasteiger partial charge in [0, 0.05) is 12.3 Å². The van der Waals surface area contributed by atoms with E-state index in [1.807, 2.05) is 6.07 Å². The Kier molecular flexibility index (Phi) is 3.76. The second-order valence-electron chi connectivity index (χ2n) is 4.54. The van der Waals surface area contributed by atoms with Crippen LogP contribution in [0.1, 0.15) is 21.5 Å². The number of rotatable bonds is 3. The van der Waals surface area contributed by atoms with Crippen LogP contribution in [0.15, 0.2) is 35.3 Å². The lowest BCUT2D eigenvalue weighted by Gasteiger charge is -2.08. The summed E-state index contributed by atoms with van der Waals surface area (Å²) in [4.78, 5) is 24.1. The molecule has 6 heteroatoms. The van der Waals surface area contributed by atoms with Crippen molar-refractivity contribution < 1.29 is 15.0 Å². The quantitative estimate of drug-likeness (QED) is 0.827. The van der Waals surface area contributed by atoms with E-state index in [0.29, 0.717) is 5.56 Å². The minimum absolute atomic E-state index is 0.00113. The van der Waals surface area contributed by atoms with Crippen LogP contribution in [0.2, 0.25) is 0 Å². The van der Waals surface area contributed by atoms with E-state index in [1.54, 1.807) is 13.0 Å². The number of hydrogen-bond donors (Lipinski definition) is 2. The van der Waals surface area contributed by atoms with E-state index in [-0.39, 0.29) is 29.2 Å². The monoisotopic (exact) mass is 284 g/mol. The second kappa shape index (κ2) is 5.51. The van der Waals surface area contributed by atoms with Crippen LogP contribution in [0, 0.1) is 18.3 Å². The number of aromatic nitrogens is 1. The van der Waals surface area contributed by atoms with Crippen molar-refractivity contribution in [3.8, 4) is 17.6 Å². The molecule has 0 saturated heterocycles. The number of nitriles is 1. The summed E-state index contributed by atoms with van der Waals surface area (Å²) in [6, 6.07) is 6.97. The fourth-order valence-electron chi connectivity index (χ4n) is 1.92. The fraction of sp³-hybridized carbons (Fsp3) is 0.133. The van der Waals surface area contributed by atoms with Gasteiger partial charge in [0.2, 0.25) is 0 Å². The molecule has 0 atom stereocenters. The van der Waals surface area contributed by atoms with Gasteiger partial charge in [0.15, 0.2) is 5.78 Å². The zero-order chi connectivity index (χ0) is 15.6. The first-order chi connectivity index (χ1) is 9.93. The van der Waals surface area contributed by atoms with Gasteiger partial charge in [0.05, 0.1) is 12.1 Å². The lowest BCUT2D eigenvalue weighted by Crippen LogP contribution is -2.26. The zero-order valence-corrected chi connectivity index (χ0v) is 11.2. The van der Waals surface area contributed by atoms with Crippen LogP contribution in [-0.4, -0.2) is 20.6 Å². The van der Waals surface area contributed by atoms with Gasteiger partial charge >= 0.3 is 0 Å². The molecule has 0 amide bonds. The van der Waals surface area contributed by atoms with Crippen LogP contribution in [0.4, 0.5) is 0 Å². The average Bonchev–Trinajstić information content (AvgIpc) is 2.42. The van der Waals surface area contributed by atoms with Gasteiger partial charge in [0.1, 0.15) is 23.1 Å². The SMILES string of the molecule is Cc1ccn(CC(=O)c2ccc(O)cc2O)c(=O)c1C#N. The topological polar surface area (TPSA) is 103 Å². The molecule has 1 aromatic carbocycles. The van der Waals surface area contributed by atoms with E-state index in [1.165, 1.54) is 18.3 Å². The number of nitrogens with zero attached hydrogens (tertiary/aromatic N) is 2. The molecule has 0 radical (unpaired) electrons. The van der Waals surface area contributed by atoms with Crippen LogP contribution in [-0.2, 0) is 6.54 Å². The van der Waals surface area contributed by atoms with Crippen molar-refractivity contribution in [2.45, 2.75) is 13.5 Å². The predicted octanol–water partition coefficient (Wildman–Crippen LogP) is 1.32. The van der Waals surface area contributed by atoms with Gasteiger partial charge in [-0.15, -0.1) is 0 Å². The number of ketones is 1. The van der Waals surface area contributed by atoms with Gasteiger partial charge in [-0.2, -0.15) is 5.26 Å². The smallest absolute Gasteiger partial charge is 0.269 e. The molecule has 0 aliphatic heterocycles. The fourth-order valence-corrected chi connectivity index (χ4v) is 1.92. The number of aromatic hydroxyl groups is 2. The highest BCUT2D eigenvalue weighted by Crippen LogP contribution is 2.23. The molecule has 2 aromatic rings. The predicted molar refractivity (Wildman–Crippen MR) is 74.3 cm³/mol. The lowest BCUT2D eigenvalue weighted by molar-refractivity contribution is 0.0968. The Labute approximate surface area is 120 Å². The average molecular weight is 284 g/mol. The molecular weight excluding hydrogens is 272 g/mol. The highest BCUT2D eigenvalue weighted by atomic mass is 16.3. The molecular formula is C15H12N2O4. The summed E-state index contributed by atoms with van der Waals surface area (Å²) in [5.41, 5.74) is -0.0261. The molecule has 1 aromatic heterocycles. The van der Waals surface area contributed by atoms with E-state index in [2.05, 4.69) is 0 Å². The highest BCUT2D eigenvalue weighted by Gasteiger charge is 2.14. The van der Waals surface area contributed by atoms with Crippen molar-refractivity contribution >= 4 is 5.78 Å². The molecule has 2 N–H and O–H groups in total. The van der Waals surface area contributed by atoms with Gasteiger partial charge in [-0.05, 0) is 30.7 Å². The van der Waals surface area contributed by atoms with E-state index in [9.17, 15) is 19.8 Å². The summed E-state index contributed by atoms with van der Waals surface area (Å²) < 4.78 is 1.11. The summed E-state index contributed by atoms with van der Waals surface area (Å²) in [6.07, 6.45) is 1.42. The minimum Gasteiger partial charge on any atom is -0.508 e. The maximum atomic E-state index is 12.1. The Hall–Kier alpha value is -3.07. The second-order valence-corrected chi connectivity index (χ2v) is 4.54. The van der Waals surface area contributed by atoms with Crippen molar-refractivity contribution in [2.24, 2.45) is 0 Å². The Morgan fingerprint density at radius 2 is 2.05 bits per heavy atom. The molecule has 0 bridgehead atoms. The molecule has 0 spiro atoms. The third-order valence-electron chi connectivity index (χ3n) is 3.08. The molecule has 0 unspecified atom stereocenters. The number of phenols is 2. The van der Waals surface area contributed by atoms with Crippen molar-refractivity contribution in [3.63, 3.8) is 0 Å². The number of phenolic OH excluding ortho intramolecular Hbond substituents is 2. The molecule has 21 heavy (non-hydrogen) atoms. The maximum absolute atomic E-state index is 12.1. The molecule has 0 aliphatic carbocycles. The van der Waals surface area contributed by atoms with Gasteiger partial charge in [0.25, 0.3) is 5.56 Å². The van der Waals surface area contributed by atoms with Gasteiger partial charge < -0.3 is 14.8 Å². The molecule has 1 heterocycles. The van der Waals surface area contributed by atoms with E-state index >= 15 is 0 Å². The first-order valence-electron chi connectivity index (χ1n) is 6.09. The van der Waals surface area contributed by atoms with Gasteiger partial charge in [-0.1, -0.05) is 0 Å². The Morgan fingerprint density at radius 1 is 1.33 bits per heavy atom. The Balaban J connectivity index is 2.37. The largest absolute Gasteiger partial charge is 0.508 e.